The Bertz CT molecular complexity index is 689. The van der Waals surface area contributed by atoms with Crippen molar-refractivity contribution in [1.29, 1.82) is 0 Å². The van der Waals surface area contributed by atoms with Crippen molar-refractivity contribution in [3.05, 3.63) is 39.6 Å². The summed E-state index contributed by atoms with van der Waals surface area (Å²) in [7, 11) is 0. The molecule has 6 heteroatoms. The van der Waals surface area contributed by atoms with Gasteiger partial charge in [-0.3, -0.25) is 14.9 Å². The van der Waals surface area contributed by atoms with Gasteiger partial charge < -0.3 is 10.1 Å². The maximum absolute atomic E-state index is 11.0. The second-order valence-electron chi connectivity index (χ2n) is 4.85. The fraction of sp³-hybridized carbons (Fsp3) is 0.308. The largest absolute Gasteiger partial charge is 0.481 e. The number of H-pyrrole nitrogens is 1. The second-order valence-corrected chi connectivity index (χ2v) is 4.85. The summed E-state index contributed by atoms with van der Waals surface area (Å²) in [6.45, 7) is 0. The Morgan fingerprint density at radius 2 is 2.26 bits per heavy atom. The van der Waals surface area contributed by atoms with E-state index in [2.05, 4.69) is 4.98 Å². The highest BCUT2D eigenvalue weighted by Crippen LogP contribution is 2.33. The zero-order chi connectivity index (χ0) is 13.6. The number of nitrogens with zero attached hydrogens (tertiary/aromatic N) is 1. The van der Waals surface area contributed by atoms with Crippen LogP contribution in [0, 0.1) is 16.0 Å². The first-order chi connectivity index (χ1) is 9.06. The van der Waals surface area contributed by atoms with Gasteiger partial charge in [0, 0.05) is 35.2 Å². The van der Waals surface area contributed by atoms with E-state index in [1.165, 1.54) is 6.07 Å². The normalized spacial score (nSPS) is 18.2. The molecule has 1 aliphatic rings. The van der Waals surface area contributed by atoms with E-state index >= 15 is 0 Å². The molecule has 0 radical (unpaired) electrons. The molecule has 2 N–H and O–H groups in total. The number of aromatic amines is 1. The lowest BCUT2D eigenvalue weighted by atomic mass is 9.87. The molecule has 0 bridgehead atoms. The summed E-state index contributed by atoms with van der Waals surface area (Å²) in [5.74, 6) is -1.15. The molecule has 1 aromatic carbocycles. The van der Waals surface area contributed by atoms with Crippen LogP contribution in [0.4, 0.5) is 5.69 Å². The third-order valence-electron chi connectivity index (χ3n) is 3.73. The molecule has 1 unspecified atom stereocenters. The molecule has 3 rings (SSSR count). The molecule has 1 aliphatic carbocycles. The van der Waals surface area contributed by atoms with Crippen molar-refractivity contribution in [3.8, 4) is 0 Å². The molecule has 1 aromatic heterocycles. The summed E-state index contributed by atoms with van der Waals surface area (Å²) in [6, 6.07) is 4.70. The van der Waals surface area contributed by atoms with Crippen LogP contribution in [-0.2, 0) is 17.6 Å². The highest BCUT2D eigenvalue weighted by atomic mass is 16.6. The Labute approximate surface area is 108 Å². The van der Waals surface area contributed by atoms with E-state index in [1.807, 2.05) is 0 Å². The summed E-state index contributed by atoms with van der Waals surface area (Å²) in [6.07, 6.45) is 1.69. The maximum atomic E-state index is 11.0. The van der Waals surface area contributed by atoms with Crippen molar-refractivity contribution in [3.63, 3.8) is 0 Å². The standard InChI is InChI=1S/C13H12N2O4/c16-13(17)7-1-3-9-10-6-8(15(18)19)2-4-11(10)14-12(9)5-7/h2,4,6-7,14H,1,3,5H2,(H,16,17). The van der Waals surface area contributed by atoms with Crippen LogP contribution < -0.4 is 0 Å². The number of hydrogen-bond acceptors (Lipinski definition) is 3. The van der Waals surface area contributed by atoms with Crippen LogP contribution in [0.5, 0.6) is 0 Å². The highest BCUT2D eigenvalue weighted by Gasteiger charge is 2.27. The molecule has 0 amide bonds. The minimum absolute atomic E-state index is 0.0645. The van der Waals surface area contributed by atoms with Crippen LogP contribution in [0.15, 0.2) is 18.2 Å². The third kappa shape index (κ3) is 1.85. The van der Waals surface area contributed by atoms with Crippen molar-refractivity contribution >= 4 is 22.6 Å². The van der Waals surface area contributed by atoms with E-state index in [0.717, 1.165) is 22.2 Å². The quantitative estimate of drug-likeness (QED) is 0.639. The SMILES string of the molecule is O=C(O)C1CCc2c([nH]c3ccc([N+](=O)[O-])cc23)C1. The molecular weight excluding hydrogens is 248 g/mol. The van der Waals surface area contributed by atoms with E-state index in [-0.39, 0.29) is 11.6 Å². The average Bonchev–Trinajstić information content (AvgIpc) is 2.74. The fourth-order valence-corrected chi connectivity index (χ4v) is 2.74. The van der Waals surface area contributed by atoms with Crippen molar-refractivity contribution < 1.29 is 14.8 Å². The number of fused-ring (bicyclic) bond motifs is 3. The fourth-order valence-electron chi connectivity index (χ4n) is 2.74. The number of carboxylic acid groups (broad SMARTS) is 1. The van der Waals surface area contributed by atoms with E-state index in [4.69, 9.17) is 5.11 Å². The van der Waals surface area contributed by atoms with Gasteiger partial charge in [-0.05, 0) is 24.5 Å². The number of aryl methyl sites for hydroxylation is 1. The van der Waals surface area contributed by atoms with Crippen molar-refractivity contribution in [2.75, 3.05) is 0 Å². The molecule has 98 valence electrons. The van der Waals surface area contributed by atoms with E-state index < -0.39 is 10.9 Å². The molecular formula is C13H12N2O4. The Morgan fingerprint density at radius 1 is 1.47 bits per heavy atom. The van der Waals surface area contributed by atoms with Gasteiger partial charge in [-0.1, -0.05) is 0 Å². The van der Waals surface area contributed by atoms with Gasteiger partial charge in [-0.15, -0.1) is 0 Å². The Morgan fingerprint density at radius 3 is 2.95 bits per heavy atom. The molecule has 0 saturated carbocycles. The van der Waals surface area contributed by atoms with Gasteiger partial charge in [-0.2, -0.15) is 0 Å². The van der Waals surface area contributed by atoms with Gasteiger partial charge in [0.25, 0.3) is 5.69 Å². The van der Waals surface area contributed by atoms with Crippen LogP contribution in [0.3, 0.4) is 0 Å². The Hall–Kier alpha value is -2.37. The lowest BCUT2D eigenvalue weighted by molar-refractivity contribution is -0.384. The summed E-state index contributed by atoms with van der Waals surface area (Å²) < 4.78 is 0. The molecule has 1 atom stereocenters. The zero-order valence-corrected chi connectivity index (χ0v) is 10.0. The number of aliphatic carboxylic acids is 1. The molecule has 0 spiro atoms. The van der Waals surface area contributed by atoms with Crippen molar-refractivity contribution in [2.45, 2.75) is 19.3 Å². The Balaban J connectivity index is 2.09. The van der Waals surface area contributed by atoms with Crippen LogP contribution in [0.2, 0.25) is 0 Å². The monoisotopic (exact) mass is 260 g/mol. The van der Waals surface area contributed by atoms with Crippen molar-refractivity contribution in [1.82, 2.24) is 4.98 Å². The molecule has 1 heterocycles. The van der Waals surface area contributed by atoms with Gasteiger partial charge in [0.2, 0.25) is 0 Å². The predicted molar refractivity (Wildman–Crippen MR) is 68.1 cm³/mol. The summed E-state index contributed by atoms with van der Waals surface area (Å²) in [5, 5.41) is 20.7. The van der Waals surface area contributed by atoms with E-state index in [0.29, 0.717) is 19.3 Å². The van der Waals surface area contributed by atoms with Gasteiger partial charge >= 0.3 is 5.97 Å². The zero-order valence-electron chi connectivity index (χ0n) is 10.0. The van der Waals surface area contributed by atoms with Crippen LogP contribution >= 0.6 is 0 Å². The van der Waals surface area contributed by atoms with Gasteiger partial charge in [0.15, 0.2) is 0 Å². The predicted octanol–water partition coefficient (Wildman–Crippen LogP) is 2.27. The van der Waals surface area contributed by atoms with Crippen LogP contribution in [0.25, 0.3) is 10.9 Å². The number of carbonyl (C=O) groups is 1. The number of non-ortho nitro benzene ring substituents is 1. The maximum Gasteiger partial charge on any atom is 0.306 e. The molecule has 0 fully saturated rings. The number of nitro groups is 1. The lowest BCUT2D eigenvalue weighted by Crippen LogP contribution is -2.21. The molecule has 0 saturated heterocycles. The number of rotatable bonds is 2. The minimum Gasteiger partial charge on any atom is -0.481 e. The molecule has 19 heavy (non-hydrogen) atoms. The number of hydrogen-bond donors (Lipinski definition) is 2. The number of aromatic nitrogens is 1. The summed E-state index contributed by atoms with van der Waals surface area (Å²) >= 11 is 0. The number of carboxylic acids is 1. The number of nitro benzene ring substituents is 1. The van der Waals surface area contributed by atoms with Crippen LogP contribution in [-0.4, -0.2) is 21.0 Å². The second kappa shape index (κ2) is 4.08. The first-order valence-electron chi connectivity index (χ1n) is 6.07. The topological polar surface area (TPSA) is 96.2 Å². The van der Waals surface area contributed by atoms with Crippen LogP contribution in [0.1, 0.15) is 17.7 Å². The highest BCUT2D eigenvalue weighted by molar-refractivity contribution is 5.87. The Kier molecular flexibility index (Phi) is 2.51. The first-order valence-corrected chi connectivity index (χ1v) is 6.07. The lowest BCUT2D eigenvalue weighted by Gasteiger charge is -2.18. The molecule has 2 aromatic rings. The third-order valence-corrected chi connectivity index (χ3v) is 3.73. The number of nitrogens with one attached hydrogen (secondary N) is 1. The van der Waals surface area contributed by atoms with Gasteiger partial charge in [-0.25, -0.2) is 0 Å². The average molecular weight is 260 g/mol. The number of benzene rings is 1. The van der Waals surface area contributed by atoms with Crippen molar-refractivity contribution in [2.24, 2.45) is 5.92 Å². The van der Waals surface area contributed by atoms with Gasteiger partial charge in [0.05, 0.1) is 10.8 Å². The summed E-state index contributed by atoms with van der Waals surface area (Å²) in [5.41, 5.74) is 2.82. The van der Waals surface area contributed by atoms with Gasteiger partial charge in [0.1, 0.15) is 0 Å². The van der Waals surface area contributed by atoms with E-state index in [9.17, 15) is 14.9 Å². The molecule has 6 nitrogen and oxygen atoms in total. The molecule has 0 aliphatic heterocycles. The minimum atomic E-state index is -0.782. The summed E-state index contributed by atoms with van der Waals surface area (Å²) in [4.78, 5) is 24.6. The first kappa shape index (κ1) is 11.7. The van der Waals surface area contributed by atoms with E-state index in [1.54, 1.807) is 12.1 Å². The smallest absolute Gasteiger partial charge is 0.306 e.